The Morgan fingerprint density at radius 3 is 2.50 bits per heavy atom. The lowest BCUT2D eigenvalue weighted by molar-refractivity contribution is -0.138. The minimum absolute atomic E-state index is 0.00424. The largest absolute Gasteiger partial charge is 0.339 e. The van der Waals surface area contributed by atoms with Crippen LogP contribution in [-0.4, -0.2) is 52.8 Å². The van der Waals surface area contributed by atoms with Gasteiger partial charge < -0.3 is 9.80 Å². The molecule has 0 aromatic carbocycles. The van der Waals surface area contributed by atoms with Gasteiger partial charge in [0.15, 0.2) is 0 Å². The number of rotatable bonds is 4. The number of aromatic nitrogens is 1. The average Bonchev–Trinajstić information content (AvgIpc) is 3.14. The summed E-state index contributed by atoms with van der Waals surface area (Å²) in [5, 5.41) is 2.73. The third-order valence-corrected chi connectivity index (χ3v) is 5.69. The Morgan fingerprint density at radius 1 is 1.12 bits per heavy atom. The number of hydrogen-bond acceptors (Lipinski definition) is 4. The first kappa shape index (κ1) is 17.1. The normalized spacial score (nSPS) is 19.8. The molecule has 1 saturated carbocycles. The van der Waals surface area contributed by atoms with Crippen LogP contribution in [0.1, 0.15) is 43.5 Å². The van der Waals surface area contributed by atoms with Crippen LogP contribution in [0.25, 0.3) is 6.08 Å². The number of hydrogen-bond donors (Lipinski definition) is 0. The van der Waals surface area contributed by atoms with Crippen molar-refractivity contribution in [1.29, 1.82) is 0 Å². The lowest BCUT2D eigenvalue weighted by Crippen LogP contribution is -2.50. The van der Waals surface area contributed by atoms with Crippen LogP contribution in [0.15, 0.2) is 17.7 Å². The number of thiazole rings is 1. The number of nitrogens with zero attached hydrogens (tertiary/aromatic N) is 3. The van der Waals surface area contributed by atoms with Gasteiger partial charge in [-0.05, 0) is 24.8 Å². The fourth-order valence-electron chi connectivity index (χ4n) is 3.51. The third-order valence-electron chi connectivity index (χ3n) is 4.95. The maximum atomic E-state index is 12.4. The van der Waals surface area contributed by atoms with Gasteiger partial charge in [-0.3, -0.25) is 9.59 Å². The maximum absolute atomic E-state index is 12.4. The molecule has 0 N–H and O–H groups in total. The molecule has 24 heavy (non-hydrogen) atoms. The molecule has 3 rings (SSSR count). The molecule has 0 spiro atoms. The molecule has 0 radical (unpaired) electrons. The number of amides is 2. The summed E-state index contributed by atoms with van der Waals surface area (Å²) in [5.74, 6) is 0.851. The molecule has 2 heterocycles. The molecular formula is C18H25N3O2S. The Morgan fingerprint density at radius 2 is 1.83 bits per heavy atom. The van der Waals surface area contributed by atoms with Crippen molar-refractivity contribution < 1.29 is 9.59 Å². The highest BCUT2D eigenvalue weighted by Crippen LogP contribution is 2.27. The molecule has 130 valence electrons. The van der Waals surface area contributed by atoms with Crippen molar-refractivity contribution in [3.63, 3.8) is 0 Å². The Hall–Kier alpha value is -1.69. The summed E-state index contributed by atoms with van der Waals surface area (Å²) in [4.78, 5) is 32.5. The van der Waals surface area contributed by atoms with Crippen LogP contribution in [0.2, 0.25) is 0 Å². The molecule has 0 atom stereocenters. The maximum Gasteiger partial charge on any atom is 0.246 e. The number of carbonyl (C=O) groups is 2. The van der Waals surface area contributed by atoms with Crippen molar-refractivity contribution in [2.45, 2.75) is 38.5 Å². The second kappa shape index (κ2) is 8.42. The molecule has 6 heteroatoms. The van der Waals surface area contributed by atoms with Gasteiger partial charge in [-0.1, -0.05) is 19.3 Å². The van der Waals surface area contributed by atoms with E-state index in [2.05, 4.69) is 4.98 Å². The highest BCUT2D eigenvalue weighted by atomic mass is 32.1. The van der Waals surface area contributed by atoms with Crippen LogP contribution in [0, 0.1) is 5.92 Å². The van der Waals surface area contributed by atoms with Crippen LogP contribution < -0.4 is 0 Å². The van der Waals surface area contributed by atoms with Crippen molar-refractivity contribution in [2.24, 2.45) is 5.92 Å². The molecule has 1 aliphatic carbocycles. The Bertz CT molecular complexity index is 571. The van der Waals surface area contributed by atoms with Crippen LogP contribution in [-0.2, 0) is 9.59 Å². The number of piperazine rings is 1. The molecule has 5 nitrogen and oxygen atoms in total. The van der Waals surface area contributed by atoms with Gasteiger partial charge in [0, 0.05) is 50.3 Å². The second-order valence-electron chi connectivity index (χ2n) is 6.62. The van der Waals surface area contributed by atoms with Crippen molar-refractivity contribution in [1.82, 2.24) is 14.8 Å². The van der Waals surface area contributed by atoms with E-state index in [1.54, 1.807) is 18.3 Å². The van der Waals surface area contributed by atoms with Crippen molar-refractivity contribution >= 4 is 29.2 Å². The monoisotopic (exact) mass is 347 g/mol. The van der Waals surface area contributed by atoms with E-state index >= 15 is 0 Å². The van der Waals surface area contributed by atoms with Crippen LogP contribution in [0.3, 0.4) is 0 Å². The summed E-state index contributed by atoms with van der Waals surface area (Å²) in [6, 6.07) is 0. The summed E-state index contributed by atoms with van der Waals surface area (Å²) < 4.78 is 0. The van der Waals surface area contributed by atoms with Crippen LogP contribution >= 0.6 is 11.3 Å². The third kappa shape index (κ3) is 4.66. The minimum atomic E-state index is 0.00424. The molecule has 2 aliphatic rings. The van der Waals surface area contributed by atoms with Crippen molar-refractivity contribution in [3.8, 4) is 0 Å². The topological polar surface area (TPSA) is 53.5 Å². The zero-order valence-electron chi connectivity index (χ0n) is 14.0. The smallest absolute Gasteiger partial charge is 0.246 e. The summed E-state index contributed by atoms with van der Waals surface area (Å²) in [6.45, 7) is 2.56. The zero-order chi connectivity index (χ0) is 16.8. The molecule has 1 aromatic heterocycles. The quantitative estimate of drug-likeness (QED) is 0.787. The first-order valence-electron chi connectivity index (χ1n) is 8.86. The average molecular weight is 347 g/mol. The van der Waals surface area contributed by atoms with E-state index in [0.717, 1.165) is 5.01 Å². The Kier molecular flexibility index (Phi) is 6.01. The highest BCUT2D eigenvalue weighted by molar-refractivity contribution is 7.10. The Labute approximate surface area is 147 Å². The molecule has 0 bridgehead atoms. The summed E-state index contributed by atoms with van der Waals surface area (Å²) >= 11 is 1.51. The van der Waals surface area contributed by atoms with E-state index in [1.807, 2.05) is 15.2 Å². The first-order chi connectivity index (χ1) is 11.7. The second-order valence-corrected chi connectivity index (χ2v) is 7.54. The summed E-state index contributed by atoms with van der Waals surface area (Å²) in [5.41, 5.74) is 0. The van der Waals surface area contributed by atoms with Crippen LogP contribution in [0.5, 0.6) is 0 Å². The van der Waals surface area contributed by atoms with E-state index in [0.29, 0.717) is 38.5 Å². The lowest BCUT2D eigenvalue weighted by Gasteiger charge is -2.35. The first-order valence-corrected chi connectivity index (χ1v) is 9.74. The van der Waals surface area contributed by atoms with Crippen molar-refractivity contribution in [2.75, 3.05) is 26.2 Å². The fourth-order valence-corrected chi connectivity index (χ4v) is 4.04. The fraction of sp³-hybridized carbons (Fsp3) is 0.611. The van der Waals surface area contributed by atoms with Gasteiger partial charge in [0.05, 0.1) is 0 Å². The Balaban J connectivity index is 1.43. The molecule has 2 amide bonds. The standard InChI is InChI=1S/C18H25N3O2S/c22-17(7-6-16-19-8-13-24-16)20-9-11-21(12-10-20)18(23)14-15-4-2-1-3-5-15/h6-8,13,15H,1-5,9-12,14H2/b7-6+. The van der Waals surface area contributed by atoms with Gasteiger partial charge in [0.1, 0.15) is 5.01 Å². The van der Waals surface area contributed by atoms with Gasteiger partial charge >= 0.3 is 0 Å². The van der Waals surface area contributed by atoms with E-state index in [4.69, 9.17) is 0 Å². The summed E-state index contributed by atoms with van der Waals surface area (Å²) in [7, 11) is 0. The van der Waals surface area contributed by atoms with Gasteiger partial charge in [-0.2, -0.15) is 0 Å². The molecule has 1 saturated heterocycles. The minimum Gasteiger partial charge on any atom is -0.339 e. The SMILES string of the molecule is O=C(/C=C/c1nccs1)N1CCN(C(=O)CC2CCCCC2)CC1. The number of carbonyl (C=O) groups excluding carboxylic acids is 2. The molecule has 2 fully saturated rings. The zero-order valence-corrected chi connectivity index (χ0v) is 14.8. The van der Waals surface area contributed by atoms with E-state index < -0.39 is 0 Å². The predicted octanol–water partition coefficient (Wildman–Crippen LogP) is 2.80. The van der Waals surface area contributed by atoms with E-state index in [1.165, 1.54) is 43.4 Å². The van der Waals surface area contributed by atoms with Crippen molar-refractivity contribution in [3.05, 3.63) is 22.7 Å². The molecule has 0 unspecified atom stereocenters. The van der Waals surface area contributed by atoms with E-state index in [9.17, 15) is 9.59 Å². The predicted molar refractivity (Wildman–Crippen MR) is 95.5 cm³/mol. The molecule has 1 aliphatic heterocycles. The van der Waals surface area contributed by atoms with Gasteiger partial charge in [-0.25, -0.2) is 4.98 Å². The van der Waals surface area contributed by atoms with Gasteiger partial charge in [0.25, 0.3) is 0 Å². The van der Waals surface area contributed by atoms with E-state index in [-0.39, 0.29) is 11.8 Å². The highest BCUT2D eigenvalue weighted by Gasteiger charge is 2.25. The molecular weight excluding hydrogens is 322 g/mol. The summed E-state index contributed by atoms with van der Waals surface area (Å²) in [6.07, 6.45) is 12.0. The molecule has 1 aromatic rings. The van der Waals surface area contributed by atoms with Gasteiger partial charge in [-0.15, -0.1) is 11.3 Å². The van der Waals surface area contributed by atoms with Gasteiger partial charge in [0.2, 0.25) is 11.8 Å². The van der Waals surface area contributed by atoms with Crippen LogP contribution in [0.4, 0.5) is 0 Å². The lowest BCUT2D eigenvalue weighted by atomic mass is 9.86.